The van der Waals surface area contributed by atoms with E-state index in [4.69, 9.17) is 46.4 Å². The number of carbonyl (C=O) groups is 1. The molecule has 0 saturated heterocycles. The summed E-state index contributed by atoms with van der Waals surface area (Å²) < 4.78 is 77.5. The second kappa shape index (κ2) is 10.7. The Morgan fingerprint density at radius 3 is 2.00 bits per heavy atom. The molecule has 1 unspecified atom stereocenters. The summed E-state index contributed by atoms with van der Waals surface area (Å²) in [5.41, 5.74) is 0.516. The van der Waals surface area contributed by atoms with Crippen LogP contribution < -0.4 is 0 Å². The van der Waals surface area contributed by atoms with Crippen LogP contribution in [0.4, 0.5) is 26.3 Å². The van der Waals surface area contributed by atoms with Crippen LogP contribution in [0, 0.1) is 0 Å². The van der Waals surface area contributed by atoms with Gasteiger partial charge >= 0.3 is 12.4 Å². The molecule has 0 spiro atoms. The molecule has 0 heterocycles. The Hall–Kier alpha value is -1.41. The first-order valence-electron chi connectivity index (χ1n) is 8.93. The number of halogens is 10. The van der Waals surface area contributed by atoms with Gasteiger partial charge in [-0.2, -0.15) is 26.3 Å². The first-order valence-corrected chi connectivity index (χ1v) is 10.4. The lowest BCUT2D eigenvalue weighted by Gasteiger charge is -2.18. The summed E-state index contributed by atoms with van der Waals surface area (Å²) in [5, 5.41) is -0.181. The number of Topliss-reactive ketones (excluding diaryl/α,β-unsaturated/α-hetero) is 1. The van der Waals surface area contributed by atoms with Gasteiger partial charge in [0.2, 0.25) is 0 Å². The number of hydrogen-bond acceptors (Lipinski definition) is 1. The molecule has 11 heteroatoms. The van der Waals surface area contributed by atoms with E-state index in [1.807, 2.05) is 0 Å². The Labute approximate surface area is 199 Å². The van der Waals surface area contributed by atoms with Gasteiger partial charge in [0.25, 0.3) is 0 Å². The molecule has 0 bridgehead atoms. The van der Waals surface area contributed by atoms with Crippen molar-refractivity contribution in [3.05, 3.63) is 73.2 Å². The summed E-state index contributed by atoms with van der Waals surface area (Å²) in [7, 11) is 0. The fraction of sp³-hybridized carbons (Fsp3) is 0.286. The molecule has 1 atom stereocenters. The van der Waals surface area contributed by atoms with Gasteiger partial charge in [0.05, 0.1) is 21.0 Å². The number of carbonyl (C=O) groups excluding carboxylic acids is 1. The number of aryl methyl sites for hydroxylation is 1. The predicted octanol–water partition coefficient (Wildman–Crippen LogP) is 9.11. The second-order valence-electron chi connectivity index (χ2n) is 6.86. The Bertz CT molecular complexity index is 991. The average Bonchev–Trinajstić information content (AvgIpc) is 2.63. The van der Waals surface area contributed by atoms with Crippen molar-refractivity contribution in [2.45, 2.75) is 37.5 Å². The van der Waals surface area contributed by atoms with Crippen LogP contribution in [0.25, 0.3) is 6.08 Å². The fourth-order valence-electron chi connectivity index (χ4n) is 2.83. The lowest BCUT2D eigenvalue weighted by molar-refractivity contribution is -0.152. The third kappa shape index (κ3) is 7.87. The minimum atomic E-state index is -4.65. The summed E-state index contributed by atoms with van der Waals surface area (Å²) >= 11 is 23.6. The van der Waals surface area contributed by atoms with E-state index in [1.165, 1.54) is 24.3 Å². The van der Waals surface area contributed by atoms with Crippen LogP contribution in [0.5, 0.6) is 0 Å². The van der Waals surface area contributed by atoms with E-state index in [2.05, 4.69) is 0 Å². The van der Waals surface area contributed by atoms with Gasteiger partial charge < -0.3 is 0 Å². The zero-order valence-electron chi connectivity index (χ0n) is 15.9. The van der Waals surface area contributed by atoms with E-state index in [1.54, 1.807) is 0 Å². The molecule has 0 saturated carbocycles. The van der Waals surface area contributed by atoms with Gasteiger partial charge in [0.1, 0.15) is 12.2 Å². The summed E-state index contributed by atoms with van der Waals surface area (Å²) in [6.45, 7) is 0. The third-order valence-electron chi connectivity index (χ3n) is 4.35. The zero-order valence-corrected chi connectivity index (χ0v) is 19.0. The van der Waals surface area contributed by atoms with Gasteiger partial charge in [0, 0.05) is 11.4 Å². The Morgan fingerprint density at radius 2 is 1.50 bits per heavy atom. The number of hydrogen-bond donors (Lipinski definition) is 0. The molecule has 2 aromatic rings. The molecule has 0 N–H and O–H groups in total. The molecule has 174 valence electrons. The molecule has 0 aliphatic rings. The monoisotopic (exact) mass is 536 g/mol. The zero-order chi connectivity index (χ0) is 24.3. The van der Waals surface area contributed by atoms with E-state index >= 15 is 0 Å². The highest BCUT2D eigenvalue weighted by atomic mass is 35.5. The third-order valence-corrected chi connectivity index (χ3v) is 5.90. The van der Waals surface area contributed by atoms with Crippen molar-refractivity contribution in [1.29, 1.82) is 0 Å². The van der Waals surface area contributed by atoms with Gasteiger partial charge in [-0.25, -0.2) is 0 Å². The van der Waals surface area contributed by atoms with Crippen molar-refractivity contribution in [2.24, 2.45) is 0 Å². The van der Waals surface area contributed by atoms with Gasteiger partial charge in [0.15, 0.2) is 0 Å². The minimum Gasteiger partial charge on any atom is -0.299 e. The SMILES string of the molecule is O=C(CCc1ccc(/C=C/C(c2cc(Cl)c(Cl)c(Cl)c2)C(F)(F)F)cc1Cl)CC(F)(F)F. The Morgan fingerprint density at radius 1 is 0.906 bits per heavy atom. The van der Waals surface area contributed by atoms with Crippen molar-refractivity contribution < 1.29 is 31.1 Å². The fourth-order valence-corrected chi connectivity index (χ4v) is 3.72. The molecule has 1 nitrogen and oxygen atoms in total. The highest BCUT2D eigenvalue weighted by molar-refractivity contribution is 6.48. The minimum absolute atomic E-state index is 0.0231. The summed E-state index contributed by atoms with van der Waals surface area (Å²) in [5.74, 6) is -3.01. The molecular formula is C21H14Cl4F6O. The standard InChI is InChI=1S/C21H14Cl4F6O/c22-16-7-11(1-3-12(16)4-5-14(32)10-20(26,27)28)2-6-15(21(29,30)31)13-8-17(23)19(25)18(24)9-13/h1-3,6-9,15H,4-5,10H2/b6-2+. The van der Waals surface area contributed by atoms with Crippen molar-refractivity contribution in [3.63, 3.8) is 0 Å². The van der Waals surface area contributed by atoms with Gasteiger partial charge in [-0.05, 0) is 41.3 Å². The van der Waals surface area contributed by atoms with Crippen LogP contribution in [0.3, 0.4) is 0 Å². The molecule has 0 aliphatic carbocycles. The van der Waals surface area contributed by atoms with Crippen LogP contribution in [0.1, 0.15) is 35.4 Å². The van der Waals surface area contributed by atoms with E-state index in [-0.39, 0.29) is 38.5 Å². The Kier molecular flexibility index (Phi) is 8.96. The molecule has 2 aromatic carbocycles. The molecule has 0 radical (unpaired) electrons. The first-order chi connectivity index (χ1) is 14.7. The predicted molar refractivity (Wildman–Crippen MR) is 115 cm³/mol. The smallest absolute Gasteiger partial charge is 0.299 e. The topological polar surface area (TPSA) is 17.1 Å². The highest BCUT2D eigenvalue weighted by Gasteiger charge is 2.39. The number of rotatable bonds is 7. The van der Waals surface area contributed by atoms with E-state index < -0.39 is 30.5 Å². The molecule has 0 aliphatic heterocycles. The molecular weight excluding hydrogens is 524 g/mol. The number of benzene rings is 2. The van der Waals surface area contributed by atoms with Gasteiger partial charge in [-0.3, -0.25) is 4.79 Å². The van der Waals surface area contributed by atoms with Crippen molar-refractivity contribution >= 4 is 58.3 Å². The second-order valence-corrected chi connectivity index (χ2v) is 8.46. The van der Waals surface area contributed by atoms with Crippen LogP contribution in [-0.4, -0.2) is 18.1 Å². The first kappa shape index (κ1) is 26.8. The van der Waals surface area contributed by atoms with E-state index in [9.17, 15) is 31.1 Å². The van der Waals surface area contributed by atoms with Crippen LogP contribution in [0.2, 0.25) is 20.1 Å². The highest BCUT2D eigenvalue weighted by Crippen LogP contribution is 2.41. The van der Waals surface area contributed by atoms with Crippen molar-refractivity contribution in [2.75, 3.05) is 0 Å². The number of ketones is 1. The van der Waals surface area contributed by atoms with Crippen molar-refractivity contribution in [1.82, 2.24) is 0 Å². The van der Waals surface area contributed by atoms with Crippen molar-refractivity contribution in [3.8, 4) is 0 Å². The summed E-state index contributed by atoms with van der Waals surface area (Å²) in [4.78, 5) is 11.4. The average molecular weight is 538 g/mol. The van der Waals surface area contributed by atoms with Gasteiger partial charge in [-0.15, -0.1) is 0 Å². The molecule has 0 amide bonds. The van der Waals surface area contributed by atoms with Gasteiger partial charge in [-0.1, -0.05) is 70.7 Å². The lowest BCUT2D eigenvalue weighted by Crippen LogP contribution is -2.19. The summed E-state index contributed by atoms with van der Waals surface area (Å²) in [6, 6.07) is 6.40. The number of alkyl halides is 6. The van der Waals surface area contributed by atoms with E-state index in [0.717, 1.165) is 18.2 Å². The molecule has 2 rings (SSSR count). The maximum absolute atomic E-state index is 13.6. The van der Waals surface area contributed by atoms with E-state index in [0.29, 0.717) is 11.1 Å². The summed E-state index contributed by atoms with van der Waals surface area (Å²) in [6.07, 6.45) is -9.05. The number of allylic oxidation sites excluding steroid dienone is 1. The maximum Gasteiger partial charge on any atom is 0.399 e. The quantitative estimate of drug-likeness (QED) is 0.254. The molecule has 0 aromatic heterocycles. The largest absolute Gasteiger partial charge is 0.399 e. The van der Waals surface area contributed by atoms with Crippen LogP contribution in [0.15, 0.2) is 36.4 Å². The normalized spacial score (nSPS) is 13.6. The lowest BCUT2D eigenvalue weighted by atomic mass is 9.96. The maximum atomic E-state index is 13.6. The Balaban J connectivity index is 2.20. The molecule has 32 heavy (non-hydrogen) atoms. The molecule has 0 fully saturated rings. The van der Waals surface area contributed by atoms with Crippen LogP contribution in [-0.2, 0) is 11.2 Å². The van der Waals surface area contributed by atoms with Crippen LogP contribution >= 0.6 is 46.4 Å².